The molecule has 132 valence electrons. The van der Waals surface area contributed by atoms with Gasteiger partial charge in [0.05, 0.1) is 17.2 Å². The maximum absolute atomic E-state index is 12.9. The highest BCUT2D eigenvalue weighted by Crippen LogP contribution is 2.20. The molecule has 0 saturated carbocycles. The van der Waals surface area contributed by atoms with Crippen molar-refractivity contribution in [3.05, 3.63) is 47.5 Å². The zero-order chi connectivity index (χ0) is 17.8. The highest BCUT2D eigenvalue weighted by atomic mass is 32.2. The highest BCUT2D eigenvalue weighted by Gasteiger charge is 2.26. The number of rotatable bonds is 5. The Morgan fingerprint density at radius 3 is 2.92 bits per heavy atom. The van der Waals surface area contributed by atoms with Crippen molar-refractivity contribution in [1.82, 2.24) is 15.1 Å². The SMILES string of the molecule is CC(SCC(=O)Nc1ccc(F)cc1)C(=O)N1CCc2[nH]ncc2C1. The predicted molar refractivity (Wildman–Crippen MR) is 94.7 cm³/mol. The molecule has 1 aromatic heterocycles. The summed E-state index contributed by atoms with van der Waals surface area (Å²) in [6, 6.07) is 5.58. The molecule has 6 nitrogen and oxygen atoms in total. The summed E-state index contributed by atoms with van der Waals surface area (Å²) < 4.78 is 12.9. The standard InChI is InChI=1S/C17H19FN4O2S/c1-11(17(24)22-7-6-15-12(9-22)8-19-21-15)25-10-16(23)20-14-4-2-13(18)3-5-14/h2-5,8,11H,6-7,9-10H2,1H3,(H,19,21)(H,20,23). The van der Waals surface area contributed by atoms with Crippen LogP contribution >= 0.6 is 11.8 Å². The minimum Gasteiger partial charge on any atom is -0.337 e. The van der Waals surface area contributed by atoms with Crippen LogP contribution in [0.1, 0.15) is 18.2 Å². The smallest absolute Gasteiger partial charge is 0.235 e. The first-order valence-corrected chi connectivity index (χ1v) is 9.04. The molecule has 3 rings (SSSR count). The maximum atomic E-state index is 12.9. The average molecular weight is 362 g/mol. The van der Waals surface area contributed by atoms with Gasteiger partial charge in [0.15, 0.2) is 0 Å². The van der Waals surface area contributed by atoms with E-state index in [1.807, 2.05) is 6.92 Å². The summed E-state index contributed by atoms with van der Waals surface area (Å²) >= 11 is 1.29. The quantitative estimate of drug-likeness (QED) is 0.855. The summed E-state index contributed by atoms with van der Waals surface area (Å²) in [5.41, 5.74) is 2.67. The van der Waals surface area contributed by atoms with Crippen LogP contribution in [0.25, 0.3) is 0 Å². The Labute approximate surface area is 149 Å². The number of halogens is 1. The van der Waals surface area contributed by atoms with Gasteiger partial charge >= 0.3 is 0 Å². The summed E-state index contributed by atoms with van der Waals surface area (Å²) in [5, 5.41) is 9.32. The van der Waals surface area contributed by atoms with Gasteiger partial charge in [0.25, 0.3) is 0 Å². The van der Waals surface area contributed by atoms with E-state index < -0.39 is 0 Å². The molecule has 1 atom stereocenters. The van der Waals surface area contributed by atoms with Crippen LogP contribution in [0.4, 0.5) is 10.1 Å². The van der Waals surface area contributed by atoms with Crippen molar-refractivity contribution in [2.24, 2.45) is 0 Å². The third-order valence-electron chi connectivity index (χ3n) is 4.05. The average Bonchev–Trinajstić information content (AvgIpc) is 3.08. The fourth-order valence-electron chi connectivity index (χ4n) is 2.67. The van der Waals surface area contributed by atoms with Gasteiger partial charge in [0, 0.05) is 36.5 Å². The van der Waals surface area contributed by atoms with Crippen molar-refractivity contribution in [3.8, 4) is 0 Å². The van der Waals surface area contributed by atoms with Crippen molar-refractivity contribution in [2.45, 2.75) is 25.1 Å². The second-order valence-electron chi connectivity index (χ2n) is 5.89. The number of H-pyrrole nitrogens is 1. The van der Waals surface area contributed by atoms with Crippen LogP contribution in [-0.2, 0) is 22.6 Å². The van der Waals surface area contributed by atoms with E-state index in [-0.39, 0.29) is 28.6 Å². The van der Waals surface area contributed by atoms with Gasteiger partial charge in [-0.2, -0.15) is 5.10 Å². The topological polar surface area (TPSA) is 78.1 Å². The number of nitrogens with one attached hydrogen (secondary N) is 2. The molecule has 0 fully saturated rings. The number of aromatic amines is 1. The monoisotopic (exact) mass is 362 g/mol. The zero-order valence-electron chi connectivity index (χ0n) is 13.8. The second kappa shape index (κ2) is 7.69. The van der Waals surface area contributed by atoms with Gasteiger partial charge in [-0.1, -0.05) is 0 Å². The van der Waals surface area contributed by atoms with E-state index in [4.69, 9.17) is 0 Å². The van der Waals surface area contributed by atoms with Crippen LogP contribution in [0, 0.1) is 5.82 Å². The number of anilines is 1. The third kappa shape index (κ3) is 4.39. The maximum Gasteiger partial charge on any atom is 0.235 e. The lowest BCUT2D eigenvalue weighted by atomic mass is 10.1. The molecule has 0 radical (unpaired) electrons. The molecule has 0 saturated heterocycles. The van der Waals surface area contributed by atoms with E-state index in [2.05, 4.69) is 15.5 Å². The lowest BCUT2D eigenvalue weighted by molar-refractivity contribution is -0.131. The second-order valence-corrected chi connectivity index (χ2v) is 7.22. The molecule has 25 heavy (non-hydrogen) atoms. The van der Waals surface area contributed by atoms with Crippen molar-refractivity contribution >= 4 is 29.3 Å². The van der Waals surface area contributed by atoms with E-state index >= 15 is 0 Å². The van der Waals surface area contributed by atoms with E-state index in [1.54, 1.807) is 11.1 Å². The van der Waals surface area contributed by atoms with Crippen LogP contribution in [0.3, 0.4) is 0 Å². The summed E-state index contributed by atoms with van der Waals surface area (Å²) in [7, 11) is 0. The van der Waals surface area contributed by atoms with Crippen LogP contribution in [0.5, 0.6) is 0 Å². The summed E-state index contributed by atoms with van der Waals surface area (Å²) in [5.74, 6) is -0.387. The molecule has 0 aliphatic carbocycles. The molecule has 2 aromatic rings. The summed E-state index contributed by atoms with van der Waals surface area (Å²) in [6.07, 6.45) is 2.52. The van der Waals surface area contributed by atoms with Crippen LogP contribution in [0.2, 0.25) is 0 Å². The Hall–Kier alpha value is -2.35. The Bertz CT molecular complexity index is 762. The molecule has 0 bridgehead atoms. The first-order valence-electron chi connectivity index (χ1n) is 8.00. The molecule has 2 amide bonds. The molecular formula is C17H19FN4O2S. The van der Waals surface area contributed by atoms with E-state index in [9.17, 15) is 14.0 Å². The first kappa shape index (κ1) is 17.5. The van der Waals surface area contributed by atoms with E-state index in [0.29, 0.717) is 18.8 Å². The van der Waals surface area contributed by atoms with Crippen LogP contribution < -0.4 is 5.32 Å². The number of carbonyl (C=O) groups excluding carboxylic acids is 2. The van der Waals surface area contributed by atoms with Crippen molar-refractivity contribution in [1.29, 1.82) is 0 Å². The summed E-state index contributed by atoms with van der Waals surface area (Å²) in [6.45, 7) is 3.01. The Morgan fingerprint density at radius 2 is 2.16 bits per heavy atom. The number of benzene rings is 1. The Balaban J connectivity index is 1.47. The van der Waals surface area contributed by atoms with Gasteiger partial charge in [-0.15, -0.1) is 11.8 Å². The van der Waals surface area contributed by atoms with Gasteiger partial charge < -0.3 is 10.2 Å². The van der Waals surface area contributed by atoms with Gasteiger partial charge in [0.2, 0.25) is 11.8 Å². The van der Waals surface area contributed by atoms with Gasteiger partial charge in [-0.3, -0.25) is 14.7 Å². The van der Waals surface area contributed by atoms with Crippen LogP contribution in [0.15, 0.2) is 30.5 Å². The molecule has 8 heteroatoms. The minimum absolute atomic E-state index is 0.0198. The number of fused-ring (bicyclic) bond motifs is 1. The molecular weight excluding hydrogens is 343 g/mol. The molecule has 1 aliphatic heterocycles. The van der Waals surface area contributed by atoms with Crippen LogP contribution in [-0.4, -0.2) is 44.5 Å². The molecule has 2 heterocycles. The lowest BCUT2D eigenvalue weighted by Gasteiger charge is -2.28. The molecule has 1 unspecified atom stereocenters. The first-order chi connectivity index (χ1) is 12.0. The van der Waals surface area contributed by atoms with Crippen molar-refractivity contribution in [2.75, 3.05) is 17.6 Å². The minimum atomic E-state index is -0.353. The van der Waals surface area contributed by atoms with Gasteiger partial charge in [-0.05, 0) is 31.2 Å². The van der Waals surface area contributed by atoms with E-state index in [1.165, 1.54) is 36.0 Å². The van der Waals surface area contributed by atoms with E-state index in [0.717, 1.165) is 17.7 Å². The number of carbonyl (C=O) groups is 2. The van der Waals surface area contributed by atoms with Crippen molar-refractivity contribution < 1.29 is 14.0 Å². The fraction of sp³-hybridized carbons (Fsp3) is 0.353. The largest absolute Gasteiger partial charge is 0.337 e. The fourth-order valence-corrected chi connectivity index (χ4v) is 3.43. The summed E-state index contributed by atoms with van der Waals surface area (Å²) in [4.78, 5) is 26.3. The normalized spacial score (nSPS) is 14.7. The number of aromatic nitrogens is 2. The Morgan fingerprint density at radius 1 is 1.40 bits per heavy atom. The molecule has 1 aliphatic rings. The number of thioether (sulfide) groups is 1. The predicted octanol–water partition coefficient (Wildman–Crippen LogP) is 2.19. The van der Waals surface area contributed by atoms with Gasteiger partial charge in [-0.25, -0.2) is 4.39 Å². The lowest BCUT2D eigenvalue weighted by Crippen LogP contribution is -2.40. The number of hydrogen-bond acceptors (Lipinski definition) is 4. The molecule has 1 aromatic carbocycles. The molecule has 0 spiro atoms. The van der Waals surface area contributed by atoms with Crippen molar-refractivity contribution in [3.63, 3.8) is 0 Å². The number of amides is 2. The highest BCUT2D eigenvalue weighted by molar-refractivity contribution is 8.01. The van der Waals surface area contributed by atoms with Gasteiger partial charge in [0.1, 0.15) is 5.82 Å². The zero-order valence-corrected chi connectivity index (χ0v) is 14.6. The molecule has 2 N–H and O–H groups in total. The third-order valence-corrected chi connectivity index (χ3v) is 5.18. The number of hydrogen-bond donors (Lipinski definition) is 2. The number of nitrogens with zero attached hydrogens (tertiary/aromatic N) is 2. The Kier molecular flexibility index (Phi) is 5.37.